The molecule has 1 fully saturated rings. The minimum Gasteiger partial charge on any atom is -0.457 e. The third-order valence-electron chi connectivity index (χ3n) is 6.13. The highest BCUT2D eigenvalue weighted by Gasteiger charge is 2.21. The number of rotatable bonds is 7. The normalized spacial score (nSPS) is 14.4. The van der Waals surface area contributed by atoms with E-state index in [2.05, 4.69) is 9.97 Å². The van der Waals surface area contributed by atoms with Crippen molar-refractivity contribution in [1.82, 2.24) is 19.9 Å². The Hall–Kier alpha value is -3.72. The van der Waals surface area contributed by atoms with Crippen LogP contribution >= 0.6 is 0 Å². The molecule has 0 atom stereocenters. The van der Waals surface area contributed by atoms with Crippen LogP contribution in [0, 0.1) is 0 Å². The smallest absolute Gasteiger partial charge is 0.222 e. The average molecular weight is 491 g/mol. The first-order chi connectivity index (χ1) is 16.9. The van der Waals surface area contributed by atoms with Gasteiger partial charge in [0.15, 0.2) is 15.7 Å². The van der Waals surface area contributed by atoms with E-state index in [4.69, 9.17) is 9.72 Å². The number of pyridine rings is 1. The van der Waals surface area contributed by atoms with Gasteiger partial charge in [0.25, 0.3) is 0 Å². The van der Waals surface area contributed by atoms with Crippen LogP contribution in [0.4, 0.5) is 0 Å². The third kappa shape index (κ3) is 4.90. The molecule has 0 saturated carbocycles. The fourth-order valence-electron chi connectivity index (χ4n) is 4.22. The summed E-state index contributed by atoms with van der Waals surface area (Å²) in [6.45, 7) is 2.77. The zero-order valence-corrected chi connectivity index (χ0v) is 20.2. The highest BCUT2D eigenvalue weighted by molar-refractivity contribution is 7.91. The molecule has 1 amide bonds. The molecule has 4 aromatic rings. The standard InChI is InChI=1S/C26H26N4O4S/c1-2-35(32,33)21-11-9-19(10-12-21)34-20-15-18(17-30-14-6-4-8-24(30)31)25-23(16-20)28-26(29-25)22-7-3-5-13-27-22/h3,5,7,9-13,15-16H,2,4,6,8,14,17H2,1H3,(H,28,29). The number of nitrogens with one attached hydrogen (secondary N) is 1. The van der Waals surface area contributed by atoms with E-state index < -0.39 is 9.84 Å². The van der Waals surface area contributed by atoms with E-state index in [1.165, 1.54) is 0 Å². The highest BCUT2D eigenvalue weighted by Crippen LogP contribution is 2.31. The number of amides is 1. The number of benzene rings is 2. The Kier molecular flexibility index (Phi) is 6.25. The summed E-state index contributed by atoms with van der Waals surface area (Å²) in [5.41, 5.74) is 3.13. The molecule has 1 aliphatic rings. The Morgan fingerprint density at radius 3 is 2.60 bits per heavy atom. The van der Waals surface area contributed by atoms with Crippen LogP contribution in [0.3, 0.4) is 0 Å². The molecule has 1 saturated heterocycles. The molecule has 180 valence electrons. The summed E-state index contributed by atoms with van der Waals surface area (Å²) in [6.07, 6.45) is 4.18. The van der Waals surface area contributed by atoms with Crippen LogP contribution in [0.25, 0.3) is 22.6 Å². The Balaban J connectivity index is 1.51. The van der Waals surface area contributed by atoms with Crippen LogP contribution in [-0.4, -0.2) is 46.5 Å². The van der Waals surface area contributed by atoms with E-state index in [0.29, 0.717) is 30.3 Å². The zero-order valence-electron chi connectivity index (χ0n) is 19.4. The molecule has 3 heterocycles. The second-order valence-electron chi connectivity index (χ2n) is 8.53. The van der Waals surface area contributed by atoms with Crippen LogP contribution in [0.2, 0.25) is 0 Å². The SMILES string of the molecule is CCS(=O)(=O)c1ccc(Oc2cc(CN3CCCCC3=O)c3nc(-c4ccccn4)[nH]c3c2)cc1. The lowest BCUT2D eigenvalue weighted by molar-refractivity contribution is -0.133. The highest BCUT2D eigenvalue weighted by atomic mass is 32.2. The number of carbonyl (C=O) groups is 1. The van der Waals surface area contributed by atoms with Crippen molar-refractivity contribution in [2.24, 2.45) is 0 Å². The first-order valence-electron chi connectivity index (χ1n) is 11.7. The molecule has 9 heteroatoms. The maximum Gasteiger partial charge on any atom is 0.222 e. The maximum atomic E-state index is 12.5. The number of imidazole rings is 1. The van der Waals surface area contributed by atoms with Crippen LogP contribution < -0.4 is 4.74 Å². The summed E-state index contributed by atoms with van der Waals surface area (Å²) in [5.74, 6) is 1.91. The van der Waals surface area contributed by atoms with Gasteiger partial charge in [0.2, 0.25) is 5.91 Å². The molecule has 0 bridgehead atoms. The number of hydrogen-bond acceptors (Lipinski definition) is 6. The number of hydrogen-bond donors (Lipinski definition) is 1. The Bertz CT molecular complexity index is 1460. The van der Waals surface area contributed by atoms with Gasteiger partial charge in [-0.3, -0.25) is 9.78 Å². The lowest BCUT2D eigenvalue weighted by Gasteiger charge is -2.27. The molecule has 0 radical (unpaired) electrons. The molecular formula is C26H26N4O4S. The molecule has 1 N–H and O–H groups in total. The number of nitrogens with zero attached hydrogens (tertiary/aromatic N) is 3. The number of sulfone groups is 1. The van der Waals surface area contributed by atoms with Crippen LogP contribution in [-0.2, 0) is 21.2 Å². The van der Waals surface area contributed by atoms with E-state index in [-0.39, 0.29) is 16.6 Å². The fourth-order valence-corrected chi connectivity index (χ4v) is 5.10. The van der Waals surface area contributed by atoms with Gasteiger partial charge in [-0.2, -0.15) is 0 Å². The van der Waals surface area contributed by atoms with E-state index >= 15 is 0 Å². The summed E-state index contributed by atoms with van der Waals surface area (Å²) >= 11 is 0. The molecule has 35 heavy (non-hydrogen) atoms. The quantitative estimate of drug-likeness (QED) is 0.402. The van der Waals surface area contributed by atoms with Crippen molar-refractivity contribution in [3.8, 4) is 23.0 Å². The third-order valence-corrected chi connectivity index (χ3v) is 7.88. The van der Waals surface area contributed by atoms with E-state index in [1.807, 2.05) is 35.2 Å². The molecule has 5 rings (SSSR count). The van der Waals surface area contributed by atoms with Crippen LogP contribution in [0.15, 0.2) is 65.7 Å². The molecule has 2 aromatic carbocycles. The summed E-state index contributed by atoms with van der Waals surface area (Å²) in [6, 6.07) is 15.8. The van der Waals surface area contributed by atoms with Gasteiger partial charge >= 0.3 is 0 Å². The van der Waals surface area contributed by atoms with Crippen LogP contribution in [0.1, 0.15) is 31.7 Å². The topological polar surface area (TPSA) is 105 Å². The number of fused-ring (bicyclic) bond motifs is 1. The summed E-state index contributed by atoms with van der Waals surface area (Å²) in [4.78, 5) is 27.1. The lowest BCUT2D eigenvalue weighted by atomic mass is 10.1. The molecular weight excluding hydrogens is 464 g/mol. The van der Waals surface area contributed by atoms with Crippen molar-refractivity contribution >= 4 is 26.8 Å². The van der Waals surface area contributed by atoms with Crippen molar-refractivity contribution in [1.29, 1.82) is 0 Å². The van der Waals surface area contributed by atoms with Gasteiger partial charge in [-0.15, -0.1) is 0 Å². The van der Waals surface area contributed by atoms with E-state index in [9.17, 15) is 13.2 Å². The molecule has 2 aromatic heterocycles. The zero-order chi connectivity index (χ0) is 24.4. The molecule has 0 aliphatic carbocycles. The molecule has 0 unspecified atom stereocenters. The second-order valence-corrected chi connectivity index (χ2v) is 10.8. The van der Waals surface area contributed by atoms with E-state index in [0.717, 1.165) is 41.7 Å². The monoisotopic (exact) mass is 490 g/mol. The van der Waals surface area contributed by atoms with Gasteiger partial charge in [0.1, 0.15) is 17.2 Å². The summed E-state index contributed by atoms with van der Waals surface area (Å²) in [5, 5.41) is 0. The predicted octanol–water partition coefficient (Wildman–Crippen LogP) is 4.72. The van der Waals surface area contributed by atoms with Gasteiger partial charge < -0.3 is 14.6 Å². The molecule has 8 nitrogen and oxygen atoms in total. The lowest BCUT2D eigenvalue weighted by Crippen LogP contribution is -2.34. The Morgan fingerprint density at radius 1 is 1.06 bits per heavy atom. The van der Waals surface area contributed by atoms with Crippen molar-refractivity contribution in [3.05, 3.63) is 66.4 Å². The largest absolute Gasteiger partial charge is 0.457 e. The number of likely N-dealkylation sites (tertiary alicyclic amines) is 1. The first-order valence-corrected chi connectivity index (χ1v) is 13.3. The predicted molar refractivity (Wildman–Crippen MR) is 133 cm³/mol. The van der Waals surface area contributed by atoms with E-state index in [1.54, 1.807) is 37.4 Å². The number of aromatic nitrogens is 3. The average Bonchev–Trinajstić information content (AvgIpc) is 3.31. The van der Waals surface area contributed by atoms with Crippen LogP contribution in [0.5, 0.6) is 11.5 Å². The van der Waals surface area contributed by atoms with Gasteiger partial charge in [-0.25, -0.2) is 13.4 Å². The second kappa shape index (κ2) is 9.50. The number of aromatic amines is 1. The van der Waals surface area contributed by atoms with Crippen molar-refractivity contribution in [3.63, 3.8) is 0 Å². The van der Waals surface area contributed by atoms with Gasteiger partial charge in [0, 0.05) is 37.3 Å². The van der Waals surface area contributed by atoms with Gasteiger partial charge in [-0.05, 0) is 55.3 Å². The number of H-pyrrole nitrogens is 1. The van der Waals surface area contributed by atoms with Crippen molar-refractivity contribution in [2.45, 2.75) is 37.6 Å². The minimum absolute atomic E-state index is 0.0425. The fraction of sp³-hybridized carbons (Fsp3) is 0.269. The Morgan fingerprint density at radius 2 is 1.89 bits per heavy atom. The van der Waals surface area contributed by atoms with Gasteiger partial charge in [-0.1, -0.05) is 13.0 Å². The minimum atomic E-state index is -3.28. The van der Waals surface area contributed by atoms with Gasteiger partial charge in [0.05, 0.1) is 21.7 Å². The molecule has 0 spiro atoms. The number of ether oxygens (including phenoxy) is 1. The summed E-state index contributed by atoms with van der Waals surface area (Å²) in [7, 11) is -3.28. The first kappa shape index (κ1) is 23.0. The maximum absolute atomic E-state index is 12.5. The molecule has 1 aliphatic heterocycles. The summed E-state index contributed by atoms with van der Waals surface area (Å²) < 4.78 is 30.3. The Labute approximate surface area is 203 Å². The van der Waals surface area contributed by atoms with Crippen molar-refractivity contribution in [2.75, 3.05) is 12.3 Å². The van der Waals surface area contributed by atoms with Crippen molar-refractivity contribution < 1.29 is 17.9 Å². The number of carbonyl (C=O) groups excluding carboxylic acids is 1. The number of piperidine rings is 1.